The van der Waals surface area contributed by atoms with E-state index < -0.39 is 22.1 Å². The van der Waals surface area contributed by atoms with Crippen LogP contribution in [0.25, 0.3) is 0 Å². The minimum Gasteiger partial charge on any atom is -0.481 e. The van der Waals surface area contributed by atoms with Crippen LogP contribution in [0, 0.1) is 5.92 Å². The monoisotopic (exact) mass is 258 g/mol. The summed E-state index contributed by atoms with van der Waals surface area (Å²) >= 11 is 0. The molecule has 0 saturated carbocycles. The van der Waals surface area contributed by atoms with Crippen LogP contribution < -0.4 is 9.86 Å². The van der Waals surface area contributed by atoms with Crippen LogP contribution in [0.2, 0.25) is 0 Å². The summed E-state index contributed by atoms with van der Waals surface area (Å²) in [4.78, 5) is 10.9. The van der Waals surface area contributed by atoms with Gasteiger partial charge in [-0.1, -0.05) is 30.3 Å². The zero-order valence-electron chi connectivity index (χ0n) is 9.04. The van der Waals surface area contributed by atoms with Gasteiger partial charge in [0.1, 0.15) is 0 Å². The van der Waals surface area contributed by atoms with Gasteiger partial charge in [0.2, 0.25) is 0 Å². The number of hydrogen-bond acceptors (Lipinski definition) is 3. The molecule has 0 heterocycles. The van der Waals surface area contributed by atoms with Crippen LogP contribution in [0.1, 0.15) is 5.56 Å². The second-order valence-corrected chi connectivity index (χ2v) is 5.00. The zero-order chi connectivity index (χ0) is 12.9. The van der Waals surface area contributed by atoms with E-state index in [1.807, 2.05) is 10.8 Å². The molecule has 1 rings (SSSR count). The van der Waals surface area contributed by atoms with Gasteiger partial charge < -0.3 is 5.11 Å². The summed E-state index contributed by atoms with van der Waals surface area (Å²) in [6.07, 6.45) is 0.249. The van der Waals surface area contributed by atoms with Crippen molar-refractivity contribution >= 4 is 16.2 Å². The summed E-state index contributed by atoms with van der Waals surface area (Å²) in [6, 6.07) is 8.98. The zero-order valence-corrected chi connectivity index (χ0v) is 9.85. The number of benzene rings is 1. The lowest BCUT2D eigenvalue weighted by Crippen LogP contribution is -2.37. The van der Waals surface area contributed by atoms with Crippen molar-refractivity contribution in [3.05, 3.63) is 35.9 Å². The third-order valence-corrected chi connectivity index (χ3v) is 2.77. The van der Waals surface area contributed by atoms with Gasteiger partial charge in [-0.2, -0.15) is 8.42 Å². The van der Waals surface area contributed by atoms with E-state index in [9.17, 15) is 13.2 Å². The van der Waals surface area contributed by atoms with Gasteiger partial charge in [-0.3, -0.25) is 4.79 Å². The molecule has 0 radical (unpaired) electrons. The molecule has 0 aliphatic heterocycles. The molecule has 0 aliphatic rings. The molecule has 0 aliphatic carbocycles. The summed E-state index contributed by atoms with van der Waals surface area (Å²) in [6.45, 7) is -0.219. The smallest absolute Gasteiger partial charge is 0.308 e. The van der Waals surface area contributed by atoms with E-state index >= 15 is 0 Å². The molecule has 0 bridgehead atoms. The minimum atomic E-state index is -3.86. The average molecular weight is 258 g/mol. The number of nitrogens with one attached hydrogen (secondary N) is 1. The Morgan fingerprint density at radius 3 is 2.41 bits per heavy atom. The first kappa shape index (κ1) is 13.6. The molecule has 0 aromatic heterocycles. The molecular formula is C10H14N2O4S. The topological polar surface area (TPSA) is 109 Å². The summed E-state index contributed by atoms with van der Waals surface area (Å²) in [5.74, 6) is -1.90. The predicted octanol–water partition coefficient (Wildman–Crippen LogP) is -0.277. The van der Waals surface area contributed by atoms with Gasteiger partial charge in [-0.05, 0) is 12.0 Å². The fraction of sp³-hybridized carbons (Fsp3) is 0.300. The number of carboxylic acids is 1. The van der Waals surface area contributed by atoms with Crippen molar-refractivity contribution < 1.29 is 18.3 Å². The second kappa shape index (κ2) is 5.76. The summed E-state index contributed by atoms with van der Waals surface area (Å²) in [5, 5.41) is 13.7. The summed E-state index contributed by atoms with van der Waals surface area (Å²) in [5.41, 5.74) is 0.830. The molecule has 0 amide bonds. The van der Waals surface area contributed by atoms with Gasteiger partial charge >= 0.3 is 5.97 Å². The van der Waals surface area contributed by atoms with E-state index in [0.29, 0.717) is 0 Å². The van der Waals surface area contributed by atoms with Crippen molar-refractivity contribution in [3.8, 4) is 0 Å². The molecule has 7 heteroatoms. The van der Waals surface area contributed by atoms with Crippen molar-refractivity contribution in [2.45, 2.75) is 6.42 Å². The van der Waals surface area contributed by atoms with E-state index in [2.05, 4.69) is 0 Å². The lowest BCUT2D eigenvalue weighted by atomic mass is 10.00. The van der Waals surface area contributed by atoms with Crippen molar-refractivity contribution in [1.29, 1.82) is 0 Å². The number of aliphatic carboxylic acids is 1. The number of rotatable bonds is 6. The highest BCUT2D eigenvalue weighted by Crippen LogP contribution is 2.08. The molecule has 6 nitrogen and oxygen atoms in total. The average Bonchev–Trinajstić information content (AvgIpc) is 2.24. The van der Waals surface area contributed by atoms with Crippen LogP contribution in [0.15, 0.2) is 30.3 Å². The molecular weight excluding hydrogens is 244 g/mol. The Kier molecular flexibility index (Phi) is 4.62. The minimum absolute atomic E-state index is 0.219. The van der Waals surface area contributed by atoms with Crippen molar-refractivity contribution in [3.63, 3.8) is 0 Å². The SMILES string of the molecule is NS(=O)(=O)NC[C@H](Cc1ccccc1)C(=O)O. The highest BCUT2D eigenvalue weighted by atomic mass is 32.2. The van der Waals surface area contributed by atoms with Gasteiger partial charge in [0.05, 0.1) is 5.92 Å². The van der Waals surface area contributed by atoms with E-state index in [0.717, 1.165) is 5.56 Å². The molecule has 17 heavy (non-hydrogen) atoms. The van der Waals surface area contributed by atoms with Crippen LogP contribution in [0.5, 0.6) is 0 Å². The standard InChI is InChI=1S/C10H14N2O4S/c11-17(15,16)12-7-9(10(13)14)6-8-4-2-1-3-5-8/h1-5,9,12H,6-7H2,(H,13,14)(H2,11,15,16)/t9-/m0/s1. The fourth-order valence-corrected chi connectivity index (χ4v) is 1.80. The molecule has 0 fully saturated rings. The van der Waals surface area contributed by atoms with Gasteiger partial charge in [-0.15, -0.1) is 0 Å². The number of hydrogen-bond donors (Lipinski definition) is 3. The van der Waals surface area contributed by atoms with Gasteiger partial charge in [0.25, 0.3) is 10.2 Å². The molecule has 1 aromatic rings. The molecule has 0 spiro atoms. The number of carbonyl (C=O) groups is 1. The first-order valence-electron chi connectivity index (χ1n) is 4.92. The Bertz CT molecular complexity index is 472. The van der Waals surface area contributed by atoms with Gasteiger partial charge in [0, 0.05) is 6.54 Å². The third kappa shape index (κ3) is 5.43. The molecule has 94 valence electrons. The second-order valence-electron chi connectivity index (χ2n) is 3.62. The maximum absolute atomic E-state index is 10.9. The van der Waals surface area contributed by atoms with Crippen molar-refractivity contribution in [2.75, 3.05) is 6.54 Å². The first-order chi connectivity index (χ1) is 7.88. The normalized spacial score (nSPS) is 13.2. The third-order valence-electron chi connectivity index (χ3n) is 2.21. The largest absolute Gasteiger partial charge is 0.481 e. The van der Waals surface area contributed by atoms with E-state index in [1.54, 1.807) is 24.3 Å². The molecule has 1 aromatic carbocycles. The maximum atomic E-state index is 10.9. The maximum Gasteiger partial charge on any atom is 0.308 e. The Morgan fingerprint density at radius 1 is 1.35 bits per heavy atom. The van der Waals surface area contributed by atoms with Crippen molar-refractivity contribution in [2.24, 2.45) is 11.1 Å². The Labute approximate surface area is 99.6 Å². The first-order valence-corrected chi connectivity index (χ1v) is 6.47. The Morgan fingerprint density at radius 2 is 1.94 bits per heavy atom. The summed E-state index contributed by atoms with van der Waals surface area (Å²) in [7, 11) is -3.86. The lowest BCUT2D eigenvalue weighted by Gasteiger charge is -2.12. The molecule has 4 N–H and O–H groups in total. The molecule has 0 saturated heterocycles. The number of carboxylic acid groups (broad SMARTS) is 1. The molecule has 1 atom stereocenters. The van der Waals surface area contributed by atoms with Gasteiger partial charge in [0.15, 0.2) is 0 Å². The lowest BCUT2D eigenvalue weighted by molar-refractivity contribution is -0.141. The van der Waals surface area contributed by atoms with Crippen LogP contribution in [0.4, 0.5) is 0 Å². The fourth-order valence-electron chi connectivity index (χ4n) is 1.36. The van der Waals surface area contributed by atoms with Crippen molar-refractivity contribution in [1.82, 2.24) is 4.72 Å². The summed E-state index contributed by atoms with van der Waals surface area (Å²) < 4.78 is 23.4. The predicted molar refractivity (Wildman–Crippen MR) is 62.4 cm³/mol. The highest BCUT2D eigenvalue weighted by molar-refractivity contribution is 7.87. The number of nitrogens with two attached hydrogens (primary N) is 1. The molecule has 0 unspecified atom stereocenters. The van der Waals surface area contributed by atoms with E-state index in [4.69, 9.17) is 10.2 Å². The van der Waals surface area contributed by atoms with E-state index in [1.165, 1.54) is 0 Å². The van der Waals surface area contributed by atoms with Crippen LogP contribution in [-0.4, -0.2) is 26.0 Å². The Hall–Kier alpha value is -1.44. The quantitative estimate of drug-likeness (QED) is 0.652. The van der Waals surface area contributed by atoms with Crippen LogP contribution >= 0.6 is 0 Å². The highest BCUT2D eigenvalue weighted by Gasteiger charge is 2.19. The van der Waals surface area contributed by atoms with E-state index in [-0.39, 0.29) is 13.0 Å². The Balaban J connectivity index is 2.65. The van der Waals surface area contributed by atoms with Gasteiger partial charge in [-0.25, -0.2) is 9.86 Å². The van der Waals surface area contributed by atoms with Crippen LogP contribution in [0.3, 0.4) is 0 Å². The van der Waals surface area contributed by atoms with Crippen LogP contribution in [-0.2, 0) is 21.4 Å².